The van der Waals surface area contributed by atoms with E-state index in [1.165, 1.54) is 0 Å². The first-order valence-electron chi connectivity index (χ1n) is 9.26. The molecule has 0 saturated carbocycles. The van der Waals surface area contributed by atoms with Crippen LogP contribution in [0.1, 0.15) is 32.7 Å². The number of hydrogen-bond donors (Lipinski definition) is 1. The number of oxazole rings is 1. The zero-order chi connectivity index (χ0) is 18.5. The van der Waals surface area contributed by atoms with Crippen molar-refractivity contribution in [3.8, 4) is 22.6 Å². The molecule has 0 aliphatic carbocycles. The van der Waals surface area contributed by atoms with Crippen LogP contribution in [0, 0.1) is 0 Å². The molecule has 0 aliphatic rings. The summed E-state index contributed by atoms with van der Waals surface area (Å²) in [5, 5.41) is 0. The van der Waals surface area contributed by atoms with Crippen molar-refractivity contribution >= 4 is 24.8 Å². The summed E-state index contributed by atoms with van der Waals surface area (Å²) in [6.45, 7) is 8.32. The maximum Gasteiger partial charge on any atom is 0.214 e. The van der Waals surface area contributed by atoms with E-state index in [4.69, 9.17) is 15.1 Å². The Morgan fingerprint density at radius 2 is 1.39 bits per heavy atom. The summed E-state index contributed by atoms with van der Waals surface area (Å²) in [7, 11) is 0. The van der Waals surface area contributed by atoms with E-state index in [0.29, 0.717) is 5.89 Å². The minimum atomic E-state index is -0.283. The second-order valence-electron chi connectivity index (χ2n) is 6.45. The summed E-state index contributed by atoms with van der Waals surface area (Å²) in [5.41, 5.74) is 9.41. The first-order valence-corrected chi connectivity index (χ1v) is 9.26. The summed E-state index contributed by atoms with van der Waals surface area (Å²) in [6, 6.07) is 20.1. The molecule has 0 fully saturated rings. The lowest BCUT2D eigenvalue weighted by atomic mass is 10.1. The van der Waals surface area contributed by atoms with Crippen molar-refractivity contribution in [1.82, 2.24) is 9.88 Å². The van der Waals surface area contributed by atoms with Gasteiger partial charge in [0.25, 0.3) is 0 Å². The van der Waals surface area contributed by atoms with Crippen LogP contribution in [0.15, 0.2) is 65.1 Å². The molecule has 28 heavy (non-hydrogen) atoms. The van der Waals surface area contributed by atoms with E-state index in [0.717, 1.165) is 35.7 Å². The molecule has 2 aromatic carbocycles. The van der Waals surface area contributed by atoms with Crippen LogP contribution in [-0.2, 0) is 0 Å². The van der Waals surface area contributed by atoms with Crippen molar-refractivity contribution < 1.29 is 4.42 Å². The average molecular weight is 422 g/mol. The maximum atomic E-state index is 6.53. The van der Waals surface area contributed by atoms with Crippen LogP contribution in [0.4, 0.5) is 0 Å². The van der Waals surface area contributed by atoms with Crippen molar-refractivity contribution in [2.45, 2.75) is 32.9 Å². The molecule has 3 rings (SSSR count). The highest BCUT2D eigenvalue weighted by Crippen LogP contribution is 2.34. The van der Waals surface area contributed by atoms with Gasteiger partial charge in [-0.2, -0.15) is 0 Å². The smallest absolute Gasteiger partial charge is 0.214 e. The van der Waals surface area contributed by atoms with Crippen molar-refractivity contribution in [2.24, 2.45) is 5.73 Å². The van der Waals surface area contributed by atoms with Crippen LogP contribution in [0.25, 0.3) is 22.6 Å². The standard InChI is InChI=1S/C22H27N3O.2ClH/c1-4-25(5-2)16(3)19(23)22-24-20(17-12-8-6-9-13-17)21(26-22)18-14-10-7-11-15-18;;/h6-16,19H,4-5,23H2,1-3H3;2*1H. The molecule has 1 heterocycles. The summed E-state index contributed by atoms with van der Waals surface area (Å²) in [6.07, 6.45) is 0. The first-order chi connectivity index (χ1) is 12.7. The molecule has 2 atom stereocenters. The quantitative estimate of drug-likeness (QED) is 0.540. The lowest BCUT2D eigenvalue weighted by molar-refractivity contribution is 0.190. The third-order valence-corrected chi connectivity index (χ3v) is 4.92. The van der Waals surface area contributed by atoms with E-state index < -0.39 is 0 Å². The van der Waals surface area contributed by atoms with Crippen molar-refractivity contribution in [1.29, 1.82) is 0 Å². The fourth-order valence-corrected chi connectivity index (χ4v) is 3.29. The molecule has 0 radical (unpaired) electrons. The van der Waals surface area contributed by atoms with Crippen LogP contribution in [0.2, 0.25) is 0 Å². The highest BCUT2D eigenvalue weighted by atomic mass is 35.5. The zero-order valence-electron chi connectivity index (χ0n) is 16.5. The molecule has 3 aromatic rings. The van der Waals surface area contributed by atoms with Crippen molar-refractivity contribution in [3.63, 3.8) is 0 Å². The normalized spacial score (nSPS) is 12.8. The summed E-state index contributed by atoms with van der Waals surface area (Å²) >= 11 is 0. The number of aromatic nitrogens is 1. The largest absolute Gasteiger partial charge is 0.438 e. The Kier molecular flexibility index (Phi) is 9.70. The van der Waals surface area contributed by atoms with E-state index in [1.807, 2.05) is 60.7 Å². The Hall–Kier alpha value is -1.85. The van der Waals surface area contributed by atoms with Gasteiger partial charge in [0.2, 0.25) is 5.89 Å². The number of likely N-dealkylation sites (N-methyl/N-ethyl adjacent to an activating group) is 1. The lowest BCUT2D eigenvalue weighted by Crippen LogP contribution is -2.40. The number of halogens is 2. The molecule has 0 amide bonds. The Morgan fingerprint density at radius 3 is 1.89 bits per heavy atom. The van der Waals surface area contributed by atoms with E-state index >= 15 is 0 Å². The minimum absolute atomic E-state index is 0. The van der Waals surface area contributed by atoms with Crippen molar-refractivity contribution in [2.75, 3.05) is 13.1 Å². The van der Waals surface area contributed by atoms with E-state index in [-0.39, 0.29) is 36.9 Å². The number of nitrogens with zero attached hydrogens (tertiary/aromatic N) is 2. The highest BCUT2D eigenvalue weighted by Gasteiger charge is 2.26. The van der Waals surface area contributed by atoms with Gasteiger partial charge in [0.1, 0.15) is 5.69 Å². The molecule has 0 bridgehead atoms. The van der Waals surface area contributed by atoms with Crippen LogP contribution in [0.3, 0.4) is 0 Å². The second-order valence-corrected chi connectivity index (χ2v) is 6.45. The third kappa shape index (κ3) is 5.15. The Bertz CT molecular complexity index is 763. The predicted octanol–water partition coefficient (Wildman–Crippen LogP) is 5.58. The molecule has 4 nitrogen and oxygen atoms in total. The van der Waals surface area contributed by atoms with Crippen LogP contribution < -0.4 is 5.73 Å². The van der Waals surface area contributed by atoms with Gasteiger partial charge in [-0.1, -0.05) is 74.5 Å². The summed E-state index contributed by atoms with van der Waals surface area (Å²) in [5.74, 6) is 1.36. The Labute approximate surface area is 180 Å². The second kappa shape index (κ2) is 11.2. The number of nitrogens with two attached hydrogens (primary N) is 1. The minimum Gasteiger partial charge on any atom is -0.438 e. The molecule has 152 valence electrons. The van der Waals surface area contributed by atoms with Crippen LogP contribution in [0.5, 0.6) is 0 Å². The van der Waals surface area contributed by atoms with Gasteiger partial charge in [-0.05, 0) is 20.0 Å². The fourth-order valence-electron chi connectivity index (χ4n) is 3.29. The SMILES string of the molecule is CCN(CC)C(C)C(N)c1nc(-c2ccccc2)c(-c2ccccc2)o1.Cl.Cl. The van der Waals surface area contributed by atoms with Gasteiger partial charge in [0, 0.05) is 17.2 Å². The summed E-state index contributed by atoms with van der Waals surface area (Å²) in [4.78, 5) is 7.13. The Balaban J connectivity index is 0.00000196. The Morgan fingerprint density at radius 1 is 0.893 bits per heavy atom. The molecule has 2 unspecified atom stereocenters. The zero-order valence-corrected chi connectivity index (χ0v) is 18.2. The predicted molar refractivity (Wildman–Crippen MR) is 121 cm³/mol. The van der Waals surface area contributed by atoms with E-state index in [1.54, 1.807) is 0 Å². The lowest BCUT2D eigenvalue weighted by Gasteiger charge is -2.29. The maximum absolute atomic E-state index is 6.53. The molecular weight excluding hydrogens is 393 g/mol. The molecule has 6 heteroatoms. The van der Waals surface area contributed by atoms with Gasteiger partial charge >= 0.3 is 0 Å². The monoisotopic (exact) mass is 421 g/mol. The van der Waals surface area contributed by atoms with Gasteiger partial charge in [0.05, 0.1) is 6.04 Å². The summed E-state index contributed by atoms with van der Waals surface area (Å²) < 4.78 is 6.21. The van der Waals surface area contributed by atoms with E-state index in [9.17, 15) is 0 Å². The van der Waals surface area contributed by atoms with Gasteiger partial charge in [-0.3, -0.25) is 4.90 Å². The molecular formula is C22H29Cl2N3O. The highest BCUT2D eigenvalue weighted by molar-refractivity contribution is 5.85. The number of benzene rings is 2. The third-order valence-electron chi connectivity index (χ3n) is 4.92. The average Bonchev–Trinajstić information content (AvgIpc) is 3.15. The van der Waals surface area contributed by atoms with E-state index in [2.05, 4.69) is 25.7 Å². The molecule has 2 N–H and O–H groups in total. The fraction of sp³-hybridized carbons (Fsp3) is 0.318. The van der Waals surface area contributed by atoms with Crippen LogP contribution >= 0.6 is 24.8 Å². The van der Waals surface area contributed by atoms with Gasteiger partial charge in [-0.25, -0.2) is 4.98 Å². The number of rotatable bonds is 7. The molecule has 1 aromatic heterocycles. The van der Waals surface area contributed by atoms with Gasteiger partial charge in [-0.15, -0.1) is 24.8 Å². The molecule has 0 aliphatic heterocycles. The topological polar surface area (TPSA) is 55.3 Å². The molecule has 0 spiro atoms. The van der Waals surface area contributed by atoms with Crippen molar-refractivity contribution in [3.05, 3.63) is 66.6 Å². The first kappa shape index (κ1) is 24.2. The molecule has 0 saturated heterocycles. The van der Waals surface area contributed by atoms with Gasteiger partial charge in [0.15, 0.2) is 5.76 Å². The number of hydrogen-bond acceptors (Lipinski definition) is 4. The van der Waals surface area contributed by atoms with Crippen LogP contribution in [-0.4, -0.2) is 29.0 Å². The van der Waals surface area contributed by atoms with Gasteiger partial charge < -0.3 is 10.2 Å².